The van der Waals surface area contributed by atoms with Crippen LogP contribution in [0.15, 0.2) is 0 Å². The molecule has 0 aromatic heterocycles. The van der Waals surface area contributed by atoms with Crippen LogP contribution in [0.4, 0.5) is 4.79 Å². The van der Waals surface area contributed by atoms with Gasteiger partial charge in [0.2, 0.25) is 0 Å². The van der Waals surface area contributed by atoms with Gasteiger partial charge >= 0.3 is 6.03 Å². The largest absolute Gasteiger partial charge is 0.325 e. The molecule has 1 unspecified atom stereocenters. The minimum atomic E-state index is 0.205. The van der Waals surface area contributed by atoms with Crippen LogP contribution in [0.1, 0.15) is 26.7 Å². The van der Waals surface area contributed by atoms with Crippen LogP contribution in [0.5, 0.6) is 0 Å². The molecule has 0 bridgehead atoms. The second-order valence-electron chi connectivity index (χ2n) is 4.66. The van der Waals surface area contributed by atoms with Gasteiger partial charge in [0.25, 0.3) is 0 Å². The number of carbonyl (C=O) groups is 1. The van der Waals surface area contributed by atoms with Gasteiger partial charge < -0.3 is 14.7 Å². The van der Waals surface area contributed by atoms with Gasteiger partial charge in [-0.2, -0.15) is 0 Å². The summed E-state index contributed by atoms with van der Waals surface area (Å²) in [6.45, 7) is 7.47. The van der Waals surface area contributed by atoms with Crippen LogP contribution in [0.25, 0.3) is 0 Å². The van der Waals surface area contributed by atoms with E-state index in [9.17, 15) is 4.79 Å². The lowest BCUT2D eigenvalue weighted by Crippen LogP contribution is -2.51. The Hall–Kier alpha value is -0.770. The molecule has 4 nitrogen and oxygen atoms in total. The molecule has 0 radical (unpaired) electrons. The van der Waals surface area contributed by atoms with E-state index in [4.69, 9.17) is 0 Å². The lowest BCUT2D eigenvalue weighted by molar-refractivity contribution is 0.115. The maximum atomic E-state index is 12.2. The van der Waals surface area contributed by atoms with Crippen molar-refractivity contribution in [1.82, 2.24) is 14.7 Å². The molecule has 1 atom stereocenters. The normalized spacial score (nSPS) is 21.3. The molecule has 0 saturated carbocycles. The second kappa shape index (κ2) is 6.09. The quantitative estimate of drug-likeness (QED) is 0.730. The predicted octanol–water partition coefficient (Wildman–Crippen LogP) is 1.47. The monoisotopic (exact) mass is 227 g/mol. The third kappa shape index (κ3) is 3.11. The standard InChI is InChI=1S/C12H25N3O/c1-5-14(6-2)12(16)15-9-7-8-11(10-15)13(3)4/h11H,5-10H2,1-4H3. The molecular formula is C12H25N3O. The van der Waals surface area contributed by atoms with Gasteiger partial charge in [0.05, 0.1) is 0 Å². The topological polar surface area (TPSA) is 26.8 Å². The van der Waals surface area contributed by atoms with Gasteiger partial charge in [-0.25, -0.2) is 4.79 Å². The summed E-state index contributed by atoms with van der Waals surface area (Å²) in [6.07, 6.45) is 2.32. The lowest BCUT2D eigenvalue weighted by Gasteiger charge is -2.38. The summed E-state index contributed by atoms with van der Waals surface area (Å²) in [6, 6.07) is 0.727. The van der Waals surface area contributed by atoms with Crippen LogP contribution < -0.4 is 0 Å². The molecule has 1 rings (SSSR count). The highest BCUT2D eigenvalue weighted by Crippen LogP contribution is 2.15. The van der Waals surface area contributed by atoms with Crippen molar-refractivity contribution in [3.05, 3.63) is 0 Å². The highest BCUT2D eigenvalue weighted by Gasteiger charge is 2.26. The number of likely N-dealkylation sites (N-methyl/N-ethyl adjacent to an activating group) is 1. The Morgan fingerprint density at radius 3 is 2.44 bits per heavy atom. The summed E-state index contributed by atoms with van der Waals surface area (Å²) in [4.78, 5) is 18.3. The van der Waals surface area contributed by atoms with Crippen molar-refractivity contribution < 1.29 is 4.79 Å². The Bertz CT molecular complexity index is 226. The summed E-state index contributed by atoms with van der Waals surface area (Å²) < 4.78 is 0. The van der Waals surface area contributed by atoms with Crippen molar-refractivity contribution in [3.8, 4) is 0 Å². The van der Waals surface area contributed by atoms with Crippen LogP contribution in [0.3, 0.4) is 0 Å². The fourth-order valence-corrected chi connectivity index (χ4v) is 2.24. The van der Waals surface area contributed by atoms with Gasteiger partial charge in [0, 0.05) is 32.2 Å². The van der Waals surface area contributed by atoms with Gasteiger partial charge in [-0.05, 0) is 40.8 Å². The molecule has 1 saturated heterocycles. The van der Waals surface area contributed by atoms with E-state index in [0.717, 1.165) is 32.6 Å². The molecule has 0 aromatic rings. The van der Waals surface area contributed by atoms with Crippen LogP contribution in [0, 0.1) is 0 Å². The van der Waals surface area contributed by atoms with Gasteiger partial charge in [-0.15, -0.1) is 0 Å². The molecule has 0 N–H and O–H groups in total. The van der Waals surface area contributed by atoms with Gasteiger partial charge in [-0.1, -0.05) is 0 Å². The Kier molecular flexibility index (Phi) is 5.06. The number of nitrogens with zero attached hydrogens (tertiary/aromatic N) is 3. The molecule has 0 aromatic carbocycles. The zero-order valence-electron chi connectivity index (χ0n) is 11.1. The molecule has 1 aliphatic rings. The van der Waals surface area contributed by atoms with Crippen molar-refractivity contribution in [1.29, 1.82) is 0 Å². The first-order chi connectivity index (χ1) is 7.60. The van der Waals surface area contributed by atoms with Crippen LogP contribution in [-0.2, 0) is 0 Å². The third-order valence-corrected chi connectivity index (χ3v) is 3.43. The van der Waals surface area contributed by atoms with E-state index in [1.165, 1.54) is 6.42 Å². The smallest absolute Gasteiger partial charge is 0.320 e. The molecule has 1 fully saturated rings. The number of likely N-dealkylation sites (tertiary alicyclic amines) is 1. The summed E-state index contributed by atoms with van der Waals surface area (Å²) in [5.41, 5.74) is 0. The molecule has 4 heteroatoms. The Labute approximate surface area is 99.2 Å². The minimum absolute atomic E-state index is 0.205. The molecule has 94 valence electrons. The Morgan fingerprint density at radius 1 is 1.31 bits per heavy atom. The van der Waals surface area contributed by atoms with Gasteiger partial charge in [0.1, 0.15) is 0 Å². The number of piperidine rings is 1. The molecular weight excluding hydrogens is 202 g/mol. The first kappa shape index (κ1) is 13.3. The first-order valence-electron chi connectivity index (χ1n) is 6.30. The van der Waals surface area contributed by atoms with E-state index in [1.807, 2.05) is 23.6 Å². The molecule has 1 aliphatic heterocycles. The van der Waals surface area contributed by atoms with Crippen LogP contribution in [0.2, 0.25) is 0 Å². The Morgan fingerprint density at radius 2 is 1.94 bits per heavy atom. The molecule has 0 spiro atoms. The first-order valence-corrected chi connectivity index (χ1v) is 6.30. The van der Waals surface area contributed by atoms with Crippen molar-refractivity contribution >= 4 is 6.03 Å². The molecule has 1 heterocycles. The van der Waals surface area contributed by atoms with Crippen LogP contribution >= 0.6 is 0 Å². The van der Waals surface area contributed by atoms with E-state index in [0.29, 0.717) is 6.04 Å². The number of amides is 2. The fourth-order valence-electron chi connectivity index (χ4n) is 2.24. The third-order valence-electron chi connectivity index (χ3n) is 3.43. The van der Waals surface area contributed by atoms with Crippen molar-refractivity contribution in [2.75, 3.05) is 40.3 Å². The maximum Gasteiger partial charge on any atom is 0.320 e. The summed E-state index contributed by atoms with van der Waals surface area (Å²) >= 11 is 0. The second-order valence-corrected chi connectivity index (χ2v) is 4.66. The number of rotatable bonds is 3. The fraction of sp³-hybridized carbons (Fsp3) is 0.917. The lowest BCUT2D eigenvalue weighted by atomic mass is 10.1. The average Bonchev–Trinajstić information content (AvgIpc) is 2.30. The average molecular weight is 227 g/mol. The van der Waals surface area contributed by atoms with E-state index in [2.05, 4.69) is 19.0 Å². The SMILES string of the molecule is CCN(CC)C(=O)N1CCCC(N(C)C)C1. The van der Waals surface area contributed by atoms with Crippen LogP contribution in [-0.4, -0.2) is 67.0 Å². The van der Waals surface area contributed by atoms with Crippen molar-refractivity contribution in [3.63, 3.8) is 0 Å². The molecule has 0 aliphatic carbocycles. The molecule has 2 amide bonds. The zero-order chi connectivity index (χ0) is 12.1. The number of hydrogen-bond donors (Lipinski definition) is 0. The highest BCUT2D eigenvalue weighted by atomic mass is 16.2. The van der Waals surface area contributed by atoms with E-state index >= 15 is 0 Å². The Balaban J connectivity index is 2.56. The maximum absolute atomic E-state index is 12.2. The number of hydrogen-bond acceptors (Lipinski definition) is 2. The highest BCUT2D eigenvalue weighted by molar-refractivity contribution is 5.74. The van der Waals surface area contributed by atoms with E-state index < -0.39 is 0 Å². The minimum Gasteiger partial charge on any atom is -0.325 e. The summed E-state index contributed by atoms with van der Waals surface area (Å²) in [5.74, 6) is 0. The number of carbonyl (C=O) groups excluding carboxylic acids is 1. The van der Waals surface area contributed by atoms with Crippen molar-refractivity contribution in [2.45, 2.75) is 32.7 Å². The predicted molar refractivity (Wildman–Crippen MR) is 66.6 cm³/mol. The van der Waals surface area contributed by atoms with Crippen molar-refractivity contribution in [2.24, 2.45) is 0 Å². The zero-order valence-corrected chi connectivity index (χ0v) is 11.1. The van der Waals surface area contributed by atoms with Gasteiger partial charge in [-0.3, -0.25) is 0 Å². The molecule has 16 heavy (non-hydrogen) atoms. The van der Waals surface area contributed by atoms with E-state index in [-0.39, 0.29) is 6.03 Å². The summed E-state index contributed by atoms with van der Waals surface area (Å²) in [5, 5.41) is 0. The van der Waals surface area contributed by atoms with E-state index in [1.54, 1.807) is 0 Å². The van der Waals surface area contributed by atoms with Gasteiger partial charge in [0.15, 0.2) is 0 Å². The summed E-state index contributed by atoms with van der Waals surface area (Å²) in [7, 11) is 4.19. The number of urea groups is 1.